The average molecular weight is 244 g/mol. The number of nitrogens with zero attached hydrogens (tertiary/aromatic N) is 1. The van der Waals surface area contributed by atoms with Crippen molar-refractivity contribution in [3.63, 3.8) is 0 Å². The first-order valence-corrected chi connectivity index (χ1v) is 6.65. The van der Waals surface area contributed by atoms with Crippen LogP contribution in [0.25, 0.3) is 10.6 Å². The van der Waals surface area contributed by atoms with Crippen LogP contribution in [0.3, 0.4) is 0 Å². The fourth-order valence-corrected chi connectivity index (χ4v) is 3.14. The van der Waals surface area contributed by atoms with E-state index in [4.69, 9.17) is 11.6 Å². The summed E-state index contributed by atoms with van der Waals surface area (Å²) in [4.78, 5) is 5.87. The van der Waals surface area contributed by atoms with Crippen molar-refractivity contribution in [3.8, 4) is 10.6 Å². The van der Waals surface area contributed by atoms with Crippen LogP contribution in [0.4, 0.5) is 0 Å². The number of thiophene rings is 1. The molecule has 2 rings (SSSR count). The molecule has 0 radical (unpaired) electrons. The highest BCUT2D eigenvalue weighted by Gasteiger charge is 2.07. The Balaban J connectivity index is 2.29. The number of rotatable bonds is 3. The molecule has 0 fully saturated rings. The van der Waals surface area contributed by atoms with Crippen LogP contribution in [0.2, 0.25) is 0 Å². The summed E-state index contributed by atoms with van der Waals surface area (Å²) in [5, 5.41) is 5.31. The molecule has 2 heterocycles. The van der Waals surface area contributed by atoms with Crippen molar-refractivity contribution in [3.05, 3.63) is 27.4 Å². The van der Waals surface area contributed by atoms with E-state index in [0.717, 1.165) is 17.1 Å². The van der Waals surface area contributed by atoms with E-state index in [1.807, 2.05) is 0 Å². The fraction of sp³-hybridized carbons (Fsp3) is 0.300. The van der Waals surface area contributed by atoms with Gasteiger partial charge in [-0.2, -0.15) is 0 Å². The van der Waals surface area contributed by atoms with Crippen molar-refractivity contribution in [2.24, 2.45) is 0 Å². The Labute approximate surface area is 96.4 Å². The normalized spacial score (nSPS) is 10.7. The quantitative estimate of drug-likeness (QED) is 0.744. The Morgan fingerprint density at radius 2 is 2.29 bits per heavy atom. The van der Waals surface area contributed by atoms with Gasteiger partial charge >= 0.3 is 0 Å². The Morgan fingerprint density at radius 1 is 1.43 bits per heavy atom. The molecule has 74 valence electrons. The van der Waals surface area contributed by atoms with Crippen LogP contribution in [0.1, 0.15) is 10.6 Å². The van der Waals surface area contributed by atoms with E-state index in [2.05, 4.69) is 28.7 Å². The van der Waals surface area contributed by atoms with Crippen LogP contribution in [0.5, 0.6) is 0 Å². The van der Waals surface area contributed by atoms with Crippen LogP contribution in [0, 0.1) is 6.92 Å². The van der Waals surface area contributed by atoms with E-state index in [1.54, 1.807) is 22.7 Å². The standard InChI is InChI=1S/C10H10ClNS2/c1-7-9(3-5-13-7)10-12-8(2-4-11)6-14-10/h3,5-6H,2,4H2,1H3. The Bertz CT molecular complexity index is 419. The van der Waals surface area contributed by atoms with E-state index in [9.17, 15) is 0 Å². The van der Waals surface area contributed by atoms with E-state index in [1.165, 1.54) is 10.4 Å². The highest BCUT2D eigenvalue weighted by molar-refractivity contribution is 7.14. The van der Waals surface area contributed by atoms with Gasteiger partial charge in [-0.05, 0) is 18.4 Å². The van der Waals surface area contributed by atoms with Crippen LogP contribution in [0.15, 0.2) is 16.8 Å². The third-order valence-electron chi connectivity index (χ3n) is 1.99. The van der Waals surface area contributed by atoms with Crippen molar-refractivity contribution in [1.29, 1.82) is 0 Å². The monoisotopic (exact) mass is 243 g/mol. The second-order valence-electron chi connectivity index (χ2n) is 2.97. The van der Waals surface area contributed by atoms with Gasteiger partial charge in [-0.3, -0.25) is 0 Å². The molecule has 0 N–H and O–H groups in total. The smallest absolute Gasteiger partial charge is 0.124 e. The minimum Gasteiger partial charge on any atom is -0.241 e. The zero-order valence-electron chi connectivity index (χ0n) is 7.79. The summed E-state index contributed by atoms with van der Waals surface area (Å²) in [6, 6.07) is 2.13. The predicted molar refractivity (Wildman–Crippen MR) is 64.6 cm³/mol. The Hall–Kier alpha value is -0.380. The number of aromatic nitrogens is 1. The first-order valence-electron chi connectivity index (χ1n) is 4.36. The first kappa shape index (κ1) is 10.1. The second kappa shape index (κ2) is 4.43. The second-order valence-corrected chi connectivity index (χ2v) is 5.33. The molecule has 0 spiro atoms. The zero-order chi connectivity index (χ0) is 9.97. The van der Waals surface area contributed by atoms with Gasteiger partial charge in [-0.15, -0.1) is 34.3 Å². The fourth-order valence-electron chi connectivity index (χ4n) is 1.25. The minimum absolute atomic E-state index is 0.645. The van der Waals surface area contributed by atoms with Crippen molar-refractivity contribution < 1.29 is 0 Å². The number of halogens is 1. The molecule has 0 atom stereocenters. The molecule has 0 amide bonds. The maximum atomic E-state index is 5.67. The topological polar surface area (TPSA) is 12.9 Å². The summed E-state index contributed by atoms with van der Waals surface area (Å²) in [6.45, 7) is 2.13. The predicted octanol–water partition coefficient (Wildman–Crippen LogP) is 3.96. The molecule has 14 heavy (non-hydrogen) atoms. The number of thiazole rings is 1. The summed E-state index contributed by atoms with van der Waals surface area (Å²) in [5.74, 6) is 0.645. The molecule has 0 unspecified atom stereocenters. The molecule has 0 aromatic carbocycles. The molecule has 0 aliphatic rings. The van der Waals surface area contributed by atoms with E-state index in [-0.39, 0.29) is 0 Å². The lowest BCUT2D eigenvalue weighted by molar-refractivity contribution is 1.07. The summed E-state index contributed by atoms with van der Waals surface area (Å²) in [7, 11) is 0. The highest BCUT2D eigenvalue weighted by atomic mass is 35.5. The molecule has 0 aliphatic carbocycles. The molecule has 4 heteroatoms. The number of aryl methyl sites for hydroxylation is 2. The van der Waals surface area contributed by atoms with Gasteiger partial charge in [0.2, 0.25) is 0 Å². The summed E-state index contributed by atoms with van der Waals surface area (Å²) >= 11 is 9.13. The van der Waals surface area contributed by atoms with Gasteiger partial charge in [0.1, 0.15) is 5.01 Å². The molecule has 1 nitrogen and oxygen atoms in total. The lowest BCUT2D eigenvalue weighted by atomic mass is 10.3. The van der Waals surface area contributed by atoms with Gasteiger partial charge in [0.15, 0.2) is 0 Å². The number of hydrogen-bond acceptors (Lipinski definition) is 3. The van der Waals surface area contributed by atoms with Crippen LogP contribution in [-0.4, -0.2) is 10.9 Å². The average Bonchev–Trinajstić information content (AvgIpc) is 2.74. The first-order chi connectivity index (χ1) is 6.81. The molecule has 2 aromatic rings. The maximum Gasteiger partial charge on any atom is 0.124 e. The molecular weight excluding hydrogens is 234 g/mol. The SMILES string of the molecule is Cc1sccc1-c1nc(CCCl)cs1. The van der Waals surface area contributed by atoms with E-state index >= 15 is 0 Å². The minimum atomic E-state index is 0.645. The summed E-state index contributed by atoms with van der Waals surface area (Å²) in [5.41, 5.74) is 2.37. The van der Waals surface area contributed by atoms with E-state index < -0.39 is 0 Å². The number of alkyl halides is 1. The van der Waals surface area contributed by atoms with Gasteiger partial charge in [-0.25, -0.2) is 4.98 Å². The molecule has 0 saturated carbocycles. The highest BCUT2D eigenvalue weighted by Crippen LogP contribution is 2.30. The van der Waals surface area contributed by atoms with Crippen molar-refractivity contribution in [1.82, 2.24) is 4.98 Å². The number of hydrogen-bond donors (Lipinski definition) is 0. The third-order valence-corrected chi connectivity index (χ3v) is 3.95. The van der Waals surface area contributed by atoms with Crippen LogP contribution in [-0.2, 0) is 6.42 Å². The Morgan fingerprint density at radius 3 is 2.93 bits per heavy atom. The maximum absolute atomic E-state index is 5.67. The molecule has 2 aromatic heterocycles. The van der Waals surface area contributed by atoms with Crippen LogP contribution < -0.4 is 0 Å². The van der Waals surface area contributed by atoms with Crippen molar-refractivity contribution in [2.75, 3.05) is 5.88 Å². The molecular formula is C10H10ClNS2. The molecule has 0 aliphatic heterocycles. The lowest BCUT2D eigenvalue weighted by Gasteiger charge is -1.92. The van der Waals surface area contributed by atoms with Crippen molar-refractivity contribution >= 4 is 34.3 Å². The van der Waals surface area contributed by atoms with Gasteiger partial charge in [-0.1, -0.05) is 0 Å². The van der Waals surface area contributed by atoms with E-state index in [0.29, 0.717) is 5.88 Å². The molecule has 0 saturated heterocycles. The zero-order valence-corrected chi connectivity index (χ0v) is 10.2. The molecule has 0 bridgehead atoms. The lowest BCUT2D eigenvalue weighted by Crippen LogP contribution is -1.85. The summed E-state index contributed by atoms with van der Waals surface area (Å²) < 4.78 is 0. The van der Waals surface area contributed by atoms with Gasteiger partial charge < -0.3 is 0 Å². The van der Waals surface area contributed by atoms with Gasteiger partial charge in [0.05, 0.1) is 5.69 Å². The Kier molecular flexibility index (Phi) is 3.21. The van der Waals surface area contributed by atoms with Gasteiger partial charge in [0, 0.05) is 28.1 Å². The van der Waals surface area contributed by atoms with Crippen molar-refractivity contribution in [2.45, 2.75) is 13.3 Å². The summed E-state index contributed by atoms with van der Waals surface area (Å²) in [6.07, 6.45) is 0.862. The van der Waals surface area contributed by atoms with Crippen LogP contribution >= 0.6 is 34.3 Å². The largest absolute Gasteiger partial charge is 0.241 e. The third kappa shape index (κ3) is 2.00. The van der Waals surface area contributed by atoms with Gasteiger partial charge in [0.25, 0.3) is 0 Å².